The fraction of sp³-hybridized carbons (Fsp3) is 0.769. The average molecular weight is 300 g/mol. The SMILES string of the molecule is CCCNc1nc(Cl)nc(N(CC)CC2CCCO2)n1. The summed E-state index contributed by atoms with van der Waals surface area (Å²) in [5.41, 5.74) is 0. The quantitative estimate of drug-likeness (QED) is 0.834. The van der Waals surface area contributed by atoms with Crippen LogP contribution < -0.4 is 10.2 Å². The molecule has 1 aliphatic heterocycles. The maximum Gasteiger partial charge on any atom is 0.231 e. The highest BCUT2D eigenvalue weighted by Gasteiger charge is 2.20. The number of likely N-dealkylation sites (N-methyl/N-ethyl adjacent to an activating group) is 1. The molecule has 1 fully saturated rings. The van der Waals surface area contributed by atoms with Gasteiger partial charge >= 0.3 is 0 Å². The van der Waals surface area contributed by atoms with Crippen LogP contribution in [0.15, 0.2) is 0 Å². The zero-order chi connectivity index (χ0) is 14.4. The first kappa shape index (κ1) is 15.3. The van der Waals surface area contributed by atoms with E-state index in [0.717, 1.165) is 45.5 Å². The molecule has 1 aliphatic rings. The monoisotopic (exact) mass is 299 g/mol. The van der Waals surface area contributed by atoms with Gasteiger partial charge in [-0.15, -0.1) is 0 Å². The van der Waals surface area contributed by atoms with Crippen LogP contribution in [0.1, 0.15) is 33.1 Å². The van der Waals surface area contributed by atoms with E-state index in [9.17, 15) is 0 Å². The lowest BCUT2D eigenvalue weighted by Crippen LogP contribution is -2.33. The standard InChI is InChI=1S/C13H22ClN5O/c1-3-7-15-12-16-11(14)17-13(18-12)19(4-2)9-10-6-5-8-20-10/h10H,3-9H2,1-2H3,(H,15,16,17,18). The Morgan fingerprint density at radius 2 is 2.20 bits per heavy atom. The summed E-state index contributed by atoms with van der Waals surface area (Å²) in [5, 5.41) is 3.37. The molecular formula is C13H22ClN5O. The molecular weight excluding hydrogens is 278 g/mol. The van der Waals surface area contributed by atoms with Crippen LogP contribution >= 0.6 is 11.6 Å². The molecule has 2 rings (SSSR count). The van der Waals surface area contributed by atoms with Gasteiger partial charge in [0, 0.05) is 26.2 Å². The third-order valence-corrected chi connectivity index (χ3v) is 3.41. The van der Waals surface area contributed by atoms with Crippen molar-refractivity contribution in [1.29, 1.82) is 0 Å². The van der Waals surface area contributed by atoms with E-state index in [1.54, 1.807) is 0 Å². The third kappa shape index (κ3) is 4.18. The summed E-state index contributed by atoms with van der Waals surface area (Å²) in [6.07, 6.45) is 3.49. The Kier molecular flexibility index (Phi) is 5.79. The molecule has 6 nitrogen and oxygen atoms in total. The molecule has 2 heterocycles. The summed E-state index contributed by atoms with van der Waals surface area (Å²) >= 11 is 5.99. The third-order valence-electron chi connectivity index (χ3n) is 3.24. The fourth-order valence-corrected chi connectivity index (χ4v) is 2.34. The van der Waals surface area contributed by atoms with Crippen LogP contribution in [0.4, 0.5) is 11.9 Å². The molecule has 1 aromatic heterocycles. The van der Waals surface area contributed by atoms with E-state index in [1.807, 2.05) is 0 Å². The van der Waals surface area contributed by atoms with E-state index in [1.165, 1.54) is 0 Å². The maximum absolute atomic E-state index is 5.99. The molecule has 7 heteroatoms. The van der Waals surface area contributed by atoms with Crippen molar-refractivity contribution in [3.63, 3.8) is 0 Å². The second-order valence-corrected chi connectivity index (χ2v) is 5.17. The Labute approximate surface area is 124 Å². The summed E-state index contributed by atoms with van der Waals surface area (Å²) in [6, 6.07) is 0. The molecule has 1 aromatic rings. The molecule has 1 saturated heterocycles. The number of aromatic nitrogens is 3. The molecule has 0 aromatic carbocycles. The zero-order valence-electron chi connectivity index (χ0n) is 12.1. The van der Waals surface area contributed by atoms with Gasteiger partial charge in [0.2, 0.25) is 17.2 Å². The number of anilines is 2. The van der Waals surface area contributed by atoms with E-state index < -0.39 is 0 Å². The second-order valence-electron chi connectivity index (χ2n) is 4.83. The van der Waals surface area contributed by atoms with Crippen molar-refractivity contribution < 1.29 is 4.74 Å². The lowest BCUT2D eigenvalue weighted by Gasteiger charge is -2.24. The Balaban J connectivity index is 2.08. The van der Waals surface area contributed by atoms with Gasteiger partial charge in [-0.25, -0.2) is 0 Å². The van der Waals surface area contributed by atoms with Crippen LogP contribution in [0, 0.1) is 0 Å². The predicted octanol–water partition coefficient (Wildman–Crippen LogP) is 2.35. The summed E-state index contributed by atoms with van der Waals surface area (Å²) in [7, 11) is 0. The Bertz CT molecular complexity index is 425. The largest absolute Gasteiger partial charge is 0.376 e. The van der Waals surface area contributed by atoms with Crippen molar-refractivity contribution in [2.75, 3.05) is 36.5 Å². The van der Waals surface area contributed by atoms with Gasteiger partial charge in [0.15, 0.2) is 0 Å². The summed E-state index contributed by atoms with van der Waals surface area (Å²) in [6.45, 7) is 7.44. The van der Waals surface area contributed by atoms with Gasteiger partial charge in [0.1, 0.15) is 0 Å². The minimum absolute atomic E-state index is 0.222. The van der Waals surface area contributed by atoms with Crippen molar-refractivity contribution >= 4 is 23.5 Å². The molecule has 0 amide bonds. The van der Waals surface area contributed by atoms with Crippen molar-refractivity contribution in [2.45, 2.75) is 39.2 Å². The average Bonchev–Trinajstić information content (AvgIpc) is 2.95. The molecule has 112 valence electrons. The van der Waals surface area contributed by atoms with E-state index in [4.69, 9.17) is 16.3 Å². The molecule has 20 heavy (non-hydrogen) atoms. The van der Waals surface area contributed by atoms with Gasteiger partial charge in [0.25, 0.3) is 0 Å². The number of ether oxygens (including phenoxy) is 1. The van der Waals surface area contributed by atoms with Crippen molar-refractivity contribution in [2.24, 2.45) is 0 Å². The molecule has 0 radical (unpaired) electrons. The van der Waals surface area contributed by atoms with Crippen LogP contribution in [-0.4, -0.2) is 47.3 Å². The number of hydrogen-bond donors (Lipinski definition) is 1. The van der Waals surface area contributed by atoms with Gasteiger partial charge in [-0.3, -0.25) is 0 Å². The minimum atomic E-state index is 0.222. The van der Waals surface area contributed by atoms with Crippen LogP contribution in [0.2, 0.25) is 5.28 Å². The summed E-state index contributed by atoms with van der Waals surface area (Å²) in [4.78, 5) is 14.8. The maximum atomic E-state index is 5.99. The van der Waals surface area contributed by atoms with Crippen molar-refractivity contribution in [3.05, 3.63) is 5.28 Å². The molecule has 1 atom stereocenters. The molecule has 1 unspecified atom stereocenters. The number of nitrogens with zero attached hydrogens (tertiary/aromatic N) is 4. The molecule has 0 saturated carbocycles. The van der Waals surface area contributed by atoms with Crippen LogP contribution in [-0.2, 0) is 4.74 Å². The predicted molar refractivity (Wildman–Crippen MR) is 80.5 cm³/mol. The van der Waals surface area contributed by atoms with Crippen molar-refractivity contribution in [3.8, 4) is 0 Å². The molecule has 0 bridgehead atoms. The number of rotatable bonds is 7. The zero-order valence-corrected chi connectivity index (χ0v) is 12.9. The minimum Gasteiger partial charge on any atom is -0.376 e. The fourth-order valence-electron chi connectivity index (χ4n) is 2.18. The molecule has 0 aliphatic carbocycles. The Hall–Kier alpha value is -1.14. The van der Waals surface area contributed by atoms with E-state index in [2.05, 4.69) is 39.0 Å². The highest BCUT2D eigenvalue weighted by Crippen LogP contribution is 2.18. The Morgan fingerprint density at radius 1 is 1.35 bits per heavy atom. The highest BCUT2D eigenvalue weighted by molar-refractivity contribution is 6.28. The van der Waals surface area contributed by atoms with Crippen LogP contribution in [0.25, 0.3) is 0 Å². The first-order valence-electron chi connectivity index (χ1n) is 7.25. The first-order valence-corrected chi connectivity index (χ1v) is 7.62. The summed E-state index contributed by atoms with van der Waals surface area (Å²) < 4.78 is 5.67. The topological polar surface area (TPSA) is 63.2 Å². The molecule has 1 N–H and O–H groups in total. The van der Waals surface area contributed by atoms with E-state index in [0.29, 0.717) is 11.9 Å². The van der Waals surface area contributed by atoms with Crippen LogP contribution in [0.3, 0.4) is 0 Å². The van der Waals surface area contributed by atoms with Gasteiger partial charge < -0.3 is 15.0 Å². The number of hydrogen-bond acceptors (Lipinski definition) is 6. The number of halogens is 1. The molecule has 0 spiro atoms. The van der Waals surface area contributed by atoms with Gasteiger partial charge in [0.05, 0.1) is 6.10 Å². The van der Waals surface area contributed by atoms with Crippen molar-refractivity contribution in [1.82, 2.24) is 15.0 Å². The highest BCUT2D eigenvalue weighted by atomic mass is 35.5. The first-order chi connectivity index (χ1) is 9.72. The second kappa shape index (κ2) is 7.59. The smallest absolute Gasteiger partial charge is 0.231 e. The van der Waals surface area contributed by atoms with E-state index >= 15 is 0 Å². The number of nitrogens with one attached hydrogen (secondary N) is 1. The Morgan fingerprint density at radius 3 is 2.85 bits per heavy atom. The van der Waals surface area contributed by atoms with E-state index in [-0.39, 0.29) is 11.4 Å². The van der Waals surface area contributed by atoms with Gasteiger partial charge in [-0.2, -0.15) is 15.0 Å². The lowest BCUT2D eigenvalue weighted by atomic mass is 10.2. The van der Waals surface area contributed by atoms with Crippen LogP contribution in [0.5, 0.6) is 0 Å². The van der Waals surface area contributed by atoms with Gasteiger partial charge in [-0.1, -0.05) is 6.92 Å². The normalized spacial score (nSPS) is 18.2. The van der Waals surface area contributed by atoms with Gasteiger partial charge in [-0.05, 0) is 37.8 Å². The lowest BCUT2D eigenvalue weighted by molar-refractivity contribution is 0.115. The summed E-state index contributed by atoms with van der Waals surface area (Å²) in [5.74, 6) is 1.15.